The number of nitrogens with zero attached hydrogens (tertiary/aromatic N) is 4. The first-order chi connectivity index (χ1) is 15.5. The van der Waals surface area contributed by atoms with Gasteiger partial charge in [0, 0.05) is 48.6 Å². The summed E-state index contributed by atoms with van der Waals surface area (Å²) in [4.78, 5) is 42.4. The van der Waals surface area contributed by atoms with E-state index in [2.05, 4.69) is 4.98 Å². The fourth-order valence-electron chi connectivity index (χ4n) is 3.94. The number of ketones is 1. The number of piperidine rings is 1. The SMILES string of the molecule is COc1ccc(C(=O)C2CCN(C(=O)c3ccc(-n4ccnc4)c([N+](=O)[O-])c3)CC2)cc1. The molecule has 9 heteroatoms. The molecular formula is C23H22N4O5. The van der Waals surface area contributed by atoms with Crippen molar-refractivity contribution in [3.8, 4) is 11.4 Å². The molecule has 0 spiro atoms. The average Bonchev–Trinajstić information content (AvgIpc) is 3.38. The van der Waals surface area contributed by atoms with Crippen LogP contribution in [0.1, 0.15) is 33.6 Å². The van der Waals surface area contributed by atoms with Gasteiger partial charge in [0.1, 0.15) is 11.4 Å². The summed E-state index contributed by atoms with van der Waals surface area (Å²) in [5.41, 5.74) is 1.05. The molecule has 1 aromatic heterocycles. The normalized spacial score (nSPS) is 14.2. The summed E-state index contributed by atoms with van der Waals surface area (Å²) in [6.45, 7) is 0.838. The standard InChI is InChI=1S/C23H22N4O5/c1-32-19-5-2-16(3-6-19)22(28)17-8-11-25(12-9-17)23(29)18-4-7-20(21(14-18)27(30)31)26-13-10-24-15-26/h2-7,10,13-15,17H,8-9,11-12H2,1H3. The van der Waals surface area contributed by atoms with Gasteiger partial charge in [0.05, 0.1) is 18.4 Å². The van der Waals surface area contributed by atoms with Crippen LogP contribution in [0.25, 0.3) is 5.69 Å². The zero-order valence-corrected chi connectivity index (χ0v) is 17.5. The van der Waals surface area contributed by atoms with E-state index in [-0.39, 0.29) is 28.9 Å². The van der Waals surface area contributed by atoms with Crippen molar-refractivity contribution in [2.75, 3.05) is 20.2 Å². The summed E-state index contributed by atoms with van der Waals surface area (Å²) >= 11 is 0. The molecule has 2 heterocycles. The molecule has 0 N–H and O–H groups in total. The molecule has 3 aromatic rings. The molecule has 9 nitrogen and oxygen atoms in total. The molecule has 1 saturated heterocycles. The Morgan fingerprint density at radius 2 is 1.78 bits per heavy atom. The Hall–Kier alpha value is -4.01. The summed E-state index contributed by atoms with van der Waals surface area (Å²) in [5.74, 6) is 0.307. The van der Waals surface area contributed by atoms with Crippen molar-refractivity contribution in [2.24, 2.45) is 5.92 Å². The van der Waals surface area contributed by atoms with Crippen molar-refractivity contribution in [2.45, 2.75) is 12.8 Å². The van der Waals surface area contributed by atoms with Gasteiger partial charge in [-0.3, -0.25) is 19.7 Å². The molecule has 0 bridgehead atoms. The number of methoxy groups -OCH3 is 1. The Kier molecular flexibility index (Phi) is 5.98. The van der Waals surface area contributed by atoms with Crippen LogP contribution in [-0.2, 0) is 0 Å². The summed E-state index contributed by atoms with van der Waals surface area (Å²) in [6, 6.07) is 11.4. The van der Waals surface area contributed by atoms with Crippen LogP contribution in [0.15, 0.2) is 61.2 Å². The van der Waals surface area contributed by atoms with Gasteiger partial charge in [-0.2, -0.15) is 0 Å². The topological polar surface area (TPSA) is 108 Å². The van der Waals surface area contributed by atoms with Crippen molar-refractivity contribution in [3.63, 3.8) is 0 Å². The lowest BCUT2D eigenvalue weighted by atomic mass is 9.88. The lowest BCUT2D eigenvalue weighted by Crippen LogP contribution is -2.40. The average molecular weight is 434 g/mol. The van der Waals surface area contributed by atoms with E-state index in [0.717, 1.165) is 0 Å². The van der Waals surface area contributed by atoms with E-state index in [4.69, 9.17) is 4.74 Å². The summed E-state index contributed by atoms with van der Waals surface area (Å²) in [5, 5.41) is 11.6. The summed E-state index contributed by atoms with van der Waals surface area (Å²) in [6.07, 6.45) is 5.70. The number of aromatic nitrogens is 2. The Morgan fingerprint density at radius 3 is 2.38 bits per heavy atom. The molecule has 2 aromatic carbocycles. The van der Waals surface area contributed by atoms with Crippen LogP contribution < -0.4 is 4.74 Å². The minimum Gasteiger partial charge on any atom is -0.497 e. The first-order valence-electron chi connectivity index (χ1n) is 10.2. The second-order valence-corrected chi connectivity index (χ2v) is 7.59. The van der Waals surface area contributed by atoms with Crippen LogP contribution in [0.2, 0.25) is 0 Å². The maximum Gasteiger partial charge on any atom is 0.294 e. The smallest absolute Gasteiger partial charge is 0.294 e. The highest BCUT2D eigenvalue weighted by atomic mass is 16.6. The van der Waals surface area contributed by atoms with Crippen molar-refractivity contribution < 1.29 is 19.2 Å². The Morgan fingerprint density at radius 1 is 1.09 bits per heavy atom. The lowest BCUT2D eigenvalue weighted by molar-refractivity contribution is -0.384. The molecule has 0 unspecified atom stereocenters. The number of carbonyl (C=O) groups is 2. The highest BCUT2D eigenvalue weighted by molar-refractivity contribution is 5.98. The minimum atomic E-state index is -0.508. The number of benzene rings is 2. The van der Waals surface area contributed by atoms with Crippen molar-refractivity contribution in [1.82, 2.24) is 14.5 Å². The number of ether oxygens (including phenoxy) is 1. The van der Waals surface area contributed by atoms with Gasteiger partial charge in [0.2, 0.25) is 0 Å². The van der Waals surface area contributed by atoms with Crippen LogP contribution >= 0.6 is 0 Å². The van der Waals surface area contributed by atoms with E-state index in [1.54, 1.807) is 54.6 Å². The third-order valence-corrected chi connectivity index (χ3v) is 5.73. The van der Waals surface area contributed by atoms with Crippen molar-refractivity contribution >= 4 is 17.4 Å². The van der Waals surface area contributed by atoms with Crippen LogP contribution in [0.5, 0.6) is 5.75 Å². The number of Topliss-reactive ketones (excluding diaryl/α,β-unsaturated/α-hetero) is 1. The van der Waals surface area contributed by atoms with Gasteiger partial charge in [0.15, 0.2) is 5.78 Å². The van der Waals surface area contributed by atoms with E-state index >= 15 is 0 Å². The van der Waals surface area contributed by atoms with Gasteiger partial charge in [-0.15, -0.1) is 0 Å². The van der Waals surface area contributed by atoms with Crippen LogP contribution in [0.4, 0.5) is 5.69 Å². The number of carbonyl (C=O) groups excluding carboxylic acids is 2. The monoisotopic (exact) mass is 434 g/mol. The molecule has 0 radical (unpaired) electrons. The number of nitro groups is 1. The number of nitro benzene ring substituents is 1. The maximum absolute atomic E-state index is 13.0. The number of amides is 1. The van der Waals surface area contributed by atoms with Crippen molar-refractivity contribution in [1.29, 1.82) is 0 Å². The number of hydrogen-bond acceptors (Lipinski definition) is 6. The fraction of sp³-hybridized carbons (Fsp3) is 0.261. The Labute approximate surface area is 184 Å². The number of likely N-dealkylation sites (tertiary alicyclic amines) is 1. The zero-order valence-electron chi connectivity index (χ0n) is 17.5. The lowest BCUT2D eigenvalue weighted by Gasteiger charge is -2.31. The third-order valence-electron chi connectivity index (χ3n) is 5.73. The quantitative estimate of drug-likeness (QED) is 0.334. The predicted molar refractivity (Wildman–Crippen MR) is 116 cm³/mol. The van der Waals surface area contributed by atoms with Gasteiger partial charge in [-0.25, -0.2) is 4.98 Å². The third kappa shape index (κ3) is 4.22. The van der Waals surface area contributed by atoms with E-state index < -0.39 is 4.92 Å². The van der Waals surface area contributed by atoms with E-state index in [0.29, 0.717) is 42.9 Å². The van der Waals surface area contributed by atoms with Gasteiger partial charge >= 0.3 is 0 Å². The van der Waals surface area contributed by atoms with E-state index in [1.165, 1.54) is 23.2 Å². The Balaban J connectivity index is 1.44. The minimum absolute atomic E-state index is 0.0556. The first kappa shape index (κ1) is 21.2. The molecule has 32 heavy (non-hydrogen) atoms. The van der Waals surface area contributed by atoms with Gasteiger partial charge in [-0.05, 0) is 49.2 Å². The second-order valence-electron chi connectivity index (χ2n) is 7.59. The molecule has 0 aliphatic carbocycles. The number of imidazole rings is 1. The molecular weight excluding hydrogens is 412 g/mol. The predicted octanol–water partition coefficient (Wildman–Crippen LogP) is 3.52. The number of hydrogen-bond donors (Lipinski definition) is 0. The molecule has 1 fully saturated rings. The fourth-order valence-corrected chi connectivity index (χ4v) is 3.94. The summed E-state index contributed by atoms with van der Waals surface area (Å²) in [7, 11) is 1.57. The highest BCUT2D eigenvalue weighted by Crippen LogP contribution is 2.27. The molecule has 1 aliphatic heterocycles. The van der Waals surface area contributed by atoms with Crippen molar-refractivity contribution in [3.05, 3.63) is 82.4 Å². The molecule has 0 saturated carbocycles. The van der Waals surface area contributed by atoms with Gasteiger partial charge < -0.3 is 14.2 Å². The molecule has 0 atom stereocenters. The Bertz CT molecular complexity index is 1130. The number of rotatable bonds is 6. The highest BCUT2D eigenvalue weighted by Gasteiger charge is 2.29. The molecule has 164 valence electrons. The largest absolute Gasteiger partial charge is 0.497 e. The van der Waals surface area contributed by atoms with Crippen LogP contribution in [0.3, 0.4) is 0 Å². The van der Waals surface area contributed by atoms with E-state index in [1.807, 2.05) is 0 Å². The van der Waals surface area contributed by atoms with E-state index in [9.17, 15) is 19.7 Å². The van der Waals surface area contributed by atoms with Crippen LogP contribution in [-0.4, -0.2) is 51.3 Å². The molecule has 4 rings (SSSR count). The molecule has 1 aliphatic rings. The second kappa shape index (κ2) is 9.01. The van der Waals surface area contributed by atoms with Gasteiger partial charge in [-0.1, -0.05) is 0 Å². The molecule has 1 amide bonds. The zero-order chi connectivity index (χ0) is 22.7. The van der Waals surface area contributed by atoms with Crippen LogP contribution in [0, 0.1) is 16.0 Å². The maximum atomic E-state index is 13.0. The van der Waals surface area contributed by atoms with Gasteiger partial charge in [0.25, 0.3) is 11.6 Å². The first-order valence-corrected chi connectivity index (χ1v) is 10.2. The summed E-state index contributed by atoms with van der Waals surface area (Å²) < 4.78 is 6.66.